The molecule has 2 heteroatoms. The van der Waals surface area contributed by atoms with Crippen LogP contribution in [-0.2, 0) is 0 Å². The van der Waals surface area contributed by atoms with E-state index in [4.69, 9.17) is 5.11 Å². The van der Waals surface area contributed by atoms with Crippen LogP contribution in [0.15, 0.2) is 0 Å². The van der Waals surface area contributed by atoms with Crippen LogP contribution >= 0.6 is 0 Å². The molecule has 3 unspecified atom stereocenters. The van der Waals surface area contributed by atoms with Gasteiger partial charge in [0.2, 0.25) is 0 Å². The van der Waals surface area contributed by atoms with Crippen molar-refractivity contribution >= 4 is 0 Å². The average molecular weight is 227 g/mol. The van der Waals surface area contributed by atoms with Gasteiger partial charge in [0.25, 0.3) is 0 Å². The molecule has 0 aromatic rings. The van der Waals surface area contributed by atoms with E-state index in [0.717, 1.165) is 24.8 Å². The number of hydrogen-bond acceptors (Lipinski definition) is 2. The number of aliphatic hydroxyl groups excluding tert-OH is 1. The summed E-state index contributed by atoms with van der Waals surface area (Å²) in [6, 6.07) is 0. The summed E-state index contributed by atoms with van der Waals surface area (Å²) in [7, 11) is 0. The molecule has 0 spiro atoms. The van der Waals surface area contributed by atoms with Crippen LogP contribution in [-0.4, -0.2) is 24.8 Å². The van der Waals surface area contributed by atoms with E-state index < -0.39 is 0 Å². The quantitative estimate of drug-likeness (QED) is 0.656. The Hall–Kier alpha value is -0.0800. The molecule has 0 bridgehead atoms. The fourth-order valence-electron chi connectivity index (χ4n) is 2.72. The summed E-state index contributed by atoms with van der Waals surface area (Å²) >= 11 is 0. The molecule has 2 nitrogen and oxygen atoms in total. The molecule has 1 fully saturated rings. The molecule has 0 aliphatic heterocycles. The summed E-state index contributed by atoms with van der Waals surface area (Å²) in [6.07, 6.45) is 8.04. The van der Waals surface area contributed by atoms with Crippen molar-refractivity contribution in [2.24, 2.45) is 17.8 Å². The summed E-state index contributed by atoms with van der Waals surface area (Å²) in [5.41, 5.74) is 0. The molecule has 1 rings (SSSR count). The SMILES string of the molecule is CC(CO)CCCNCC1CCCC(C)C1. The number of nitrogens with one attached hydrogen (secondary N) is 1. The summed E-state index contributed by atoms with van der Waals surface area (Å²) < 4.78 is 0. The molecule has 0 radical (unpaired) electrons. The van der Waals surface area contributed by atoms with Crippen molar-refractivity contribution in [3.63, 3.8) is 0 Å². The molecule has 3 atom stereocenters. The summed E-state index contributed by atoms with van der Waals surface area (Å²) in [5, 5.41) is 12.5. The molecular formula is C14H29NO. The molecule has 2 N–H and O–H groups in total. The predicted molar refractivity (Wildman–Crippen MR) is 69.5 cm³/mol. The first-order chi connectivity index (χ1) is 7.72. The highest BCUT2D eigenvalue weighted by Gasteiger charge is 2.17. The van der Waals surface area contributed by atoms with Gasteiger partial charge in [0, 0.05) is 6.61 Å². The zero-order valence-corrected chi connectivity index (χ0v) is 11.0. The van der Waals surface area contributed by atoms with Gasteiger partial charge in [-0.05, 0) is 56.5 Å². The minimum Gasteiger partial charge on any atom is -0.396 e. The van der Waals surface area contributed by atoms with Gasteiger partial charge in [-0.1, -0.05) is 26.7 Å². The van der Waals surface area contributed by atoms with Gasteiger partial charge in [-0.25, -0.2) is 0 Å². The Bertz CT molecular complexity index is 172. The monoisotopic (exact) mass is 227 g/mol. The number of hydrogen-bond donors (Lipinski definition) is 2. The molecule has 0 saturated heterocycles. The molecule has 1 saturated carbocycles. The first-order valence-electron chi connectivity index (χ1n) is 7.04. The maximum atomic E-state index is 8.90. The number of rotatable bonds is 7. The van der Waals surface area contributed by atoms with Crippen molar-refractivity contribution in [1.29, 1.82) is 0 Å². The van der Waals surface area contributed by atoms with Crippen molar-refractivity contribution in [3.05, 3.63) is 0 Å². The molecule has 0 heterocycles. The highest BCUT2D eigenvalue weighted by Crippen LogP contribution is 2.27. The van der Waals surface area contributed by atoms with Crippen LogP contribution in [0, 0.1) is 17.8 Å². The van der Waals surface area contributed by atoms with E-state index in [1.54, 1.807) is 0 Å². The third kappa shape index (κ3) is 5.86. The van der Waals surface area contributed by atoms with E-state index in [-0.39, 0.29) is 0 Å². The van der Waals surface area contributed by atoms with Crippen LogP contribution in [0.5, 0.6) is 0 Å². The van der Waals surface area contributed by atoms with E-state index in [1.807, 2.05) is 0 Å². The smallest absolute Gasteiger partial charge is 0.0456 e. The second-order valence-electron chi connectivity index (χ2n) is 5.77. The first kappa shape index (κ1) is 14.0. The topological polar surface area (TPSA) is 32.3 Å². The number of aliphatic hydroxyl groups is 1. The third-order valence-corrected chi connectivity index (χ3v) is 3.84. The lowest BCUT2D eigenvalue weighted by Gasteiger charge is -2.26. The second-order valence-corrected chi connectivity index (χ2v) is 5.77. The Morgan fingerprint density at radius 1 is 1.38 bits per heavy atom. The van der Waals surface area contributed by atoms with Crippen LogP contribution in [0.4, 0.5) is 0 Å². The molecule has 0 aromatic heterocycles. The van der Waals surface area contributed by atoms with E-state index in [0.29, 0.717) is 12.5 Å². The normalized spacial score (nSPS) is 27.9. The zero-order valence-electron chi connectivity index (χ0n) is 11.0. The van der Waals surface area contributed by atoms with Gasteiger partial charge in [-0.2, -0.15) is 0 Å². The van der Waals surface area contributed by atoms with Crippen LogP contribution < -0.4 is 5.32 Å². The fourth-order valence-corrected chi connectivity index (χ4v) is 2.72. The van der Waals surface area contributed by atoms with Gasteiger partial charge in [-0.3, -0.25) is 0 Å². The van der Waals surface area contributed by atoms with Gasteiger partial charge in [-0.15, -0.1) is 0 Å². The molecule has 0 amide bonds. The maximum absolute atomic E-state index is 8.90. The summed E-state index contributed by atoms with van der Waals surface area (Å²) in [4.78, 5) is 0. The predicted octanol–water partition coefficient (Wildman–Crippen LogP) is 2.81. The van der Waals surface area contributed by atoms with Gasteiger partial charge in [0.1, 0.15) is 0 Å². The van der Waals surface area contributed by atoms with Gasteiger partial charge in [0.05, 0.1) is 0 Å². The van der Waals surface area contributed by atoms with E-state index in [1.165, 1.54) is 38.6 Å². The van der Waals surface area contributed by atoms with Crippen LogP contribution in [0.3, 0.4) is 0 Å². The van der Waals surface area contributed by atoms with Crippen molar-refractivity contribution in [2.45, 2.75) is 52.4 Å². The van der Waals surface area contributed by atoms with Crippen molar-refractivity contribution in [3.8, 4) is 0 Å². The van der Waals surface area contributed by atoms with E-state index >= 15 is 0 Å². The van der Waals surface area contributed by atoms with Crippen LogP contribution in [0.2, 0.25) is 0 Å². The van der Waals surface area contributed by atoms with Crippen molar-refractivity contribution in [1.82, 2.24) is 5.32 Å². The van der Waals surface area contributed by atoms with Crippen molar-refractivity contribution in [2.75, 3.05) is 19.7 Å². The largest absolute Gasteiger partial charge is 0.396 e. The summed E-state index contributed by atoms with van der Waals surface area (Å²) in [6.45, 7) is 7.16. The molecule has 1 aliphatic rings. The molecule has 16 heavy (non-hydrogen) atoms. The first-order valence-corrected chi connectivity index (χ1v) is 7.04. The lowest BCUT2D eigenvalue weighted by molar-refractivity contribution is 0.227. The molecule has 0 aromatic carbocycles. The Morgan fingerprint density at radius 3 is 2.88 bits per heavy atom. The Kier molecular flexibility index (Phi) is 7.06. The molecule has 1 aliphatic carbocycles. The second kappa shape index (κ2) is 8.08. The van der Waals surface area contributed by atoms with Gasteiger partial charge in [0.15, 0.2) is 0 Å². The average Bonchev–Trinajstić information content (AvgIpc) is 2.28. The minimum absolute atomic E-state index is 0.333. The van der Waals surface area contributed by atoms with Gasteiger partial charge < -0.3 is 10.4 Å². The van der Waals surface area contributed by atoms with Gasteiger partial charge >= 0.3 is 0 Å². The Morgan fingerprint density at radius 2 is 2.19 bits per heavy atom. The standard InChI is InChI=1S/C14H29NO/c1-12-5-3-7-14(9-12)10-15-8-4-6-13(2)11-16/h12-16H,3-11H2,1-2H3. The Balaban J connectivity index is 1.94. The van der Waals surface area contributed by atoms with E-state index in [9.17, 15) is 0 Å². The third-order valence-electron chi connectivity index (χ3n) is 3.84. The molecule has 96 valence electrons. The lowest BCUT2D eigenvalue weighted by atomic mass is 9.82. The van der Waals surface area contributed by atoms with Crippen molar-refractivity contribution < 1.29 is 5.11 Å². The summed E-state index contributed by atoms with van der Waals surface area (Å²) in [5.74, 6) is 2.32. The maximum Gasteiger partial charge on any atom is 0.0456 e. The minimum atomic E-state index is 0.333. The Labute approximate surface area is 101 Å². The lowest BCUT2D eigenvalue weighted by Crippen LogP contribution is -2.27. The van der Waals surface area contributed by atoms with Crippen LogP contribution in [0.1, 0.15) is 52.4 Å². The fraction of sp³-hybridized carbons (Fsp3) is 1.00. The zero-order chi connectivity index (χ0) is 11.8. The molecular weight excluding hydrogens is 198 g/mol. The van der Waals surface area contributed by atoms with E-state index in [2.05, 4.69) is 19.2 Å². The highest BCUT2D eigenvalue weighted by molar-refractivity contribution is 4.72. The van der Waals surface area contributed by atoms with Crippen LogP contribution in [0.25, 0.3) is 0 Å². The highest BCUT2D eigenvalue weighted by atomic mass is 16.3.